The fraction of sp³-hybridized carbons (Fsp3) is 0.300. The summed E-state index contributed by atoms with van der Waals surface area (Å²) in [6, 6.07) is 15.0. The lowest BCUT2D eigenvalue weighted by atomic mass is 10.0. The lowest BCUT2D eigenvalue weighted by Gasteiger charge is -2.19. The molecule has 1 atom stereocenters. The second-order valence-corrected chi connectivity index (χ2v) is 8.87. The number of rotatable bonds is 8. The molecule has 8 heteroatoms. The molecule has 1 amide bonds. The van der Waals surface area contributed by atoms with Crippen molar-refractivity contribution in [3.05, 3.63) is 64.7 Å². The summed E-state index contributed by atoms with van der Waals surface area (Å²) in [6.45, 7) is 0.0469. The van der Waals surface area contributed by atoms with Gasteiger partial charge < -0.3 is 5.32 Å². The second-order valence-electron chi connectivity index (χ2n) is 6.67. The van der Waals surface area contributed by atoms with E-state index in [0.29, 0.717) is 16.5 Å². The van der Waals surface area contributed by atoms with Crippen LogP contribution >= 0.6 is 11.6 Å². The first-order valence-electron chi connectivity index (χ1n) is 8.94. The molecule has 6 nitrogen and oxygen atoms in total. The van der Waals surface area contributed by atoms with Crippen LogP contribution < -0.4 is 10.0 Å². The molecule has 0 aromatic heterocycles. The van der Waals surface area contributed by atoms with Gasteiger partial charge in [0.05, 0.1) is 17.0 Å². The molecule has 3 rings (SSSR count). The number of nitrogens with one attached hydrogen (secondary N) is 2. The Balaban J connectivity index is 1.70. The summed E-state index contributed by atoms with van der Waals surface area (Å²) in [5.41, 5.74) is 1.39. The third kappa shape index (κ3) is 5.10. The van der Waals surface area contributed by atoms with Crippen LogP contribution in [-0.2, 0) is 10.0 Å². The average Bonchev–Trinajstić information content (AvgIpc) is 3.52. The van der Waals surface area contributed by atoms with Gasteiger partial charge in [0.15, 0.2) is 0 Å². The van der Waals surface area contributed by atoms with Crippen molar-refractivity contribution in [3.63, 3.8) is 0 Å². The van der Waals surface area contributed by atoms with Crippen molar-refractivity contribution in [2.45, 2.75) is 30.2 Å². The van der Waals surface area contributed by atoms with E-state index in [-0.39, 0.29) is 29.8 Å². The van der Waals surface area contributed by atoms with Gasteiger partial charge in [-0.25, -0.2) is 13.1 Å². The summed E-state index contributed by atoms with van der Waals surface area (Å²) >= 11 is 5.95. The van der Waals surface area contributed by atoms with Gasteiger partial charge in [-0.1, -0.05) is 23.7 Å². The Morgan fingerprint density at radius 2 is 1.79 bits per heavy atom. The maximum Gasteiger partial charge on any atom is 0.251 e. The standard InChI is InChI=1S/C20H20ClN3O3S/c21-17-8-4-15(5-9-17)19(14-2-3-14)24-20(25)16-6-10-18(11-7-16)28(26,27)23-13-1-12-22/h4-11,14,19,23H,1-3,13H2,(H,24,25). The molecule has 1 aliphatic rings. The highest BCUT2D eigenvalue weighted by molar-refractivity contribution is 7.89. The first kappa shape index (κ1) is 20.3. The molecule has 0 spiro atoms. The van der Waals surface area contributed by atoms with E-state index < -0.39 is 10.0 Å². The number of carbonyl (C=O) groups is 1. The molecular formula is C20H20ClN3O3S. The number of benzene rings is 2. The Kier molecular flexibility index (Phi) is 6.35. The molecule has 0 saturated heterocycles. The summed E-state index contributed by atoms with van der Waals surface area (Å²) in [7, 11) is -3.69. The molecule has 1 saturated carbocycles. The van der Waals surface area contributed by atoms with E-state index in [4.69, 9.17) is 16.9 Å². The van der Waals surface area contributed by atoms with E-state index in [0.717, 1.165) is 18.4 Å². The largest absolute Gasteiger partial charge is 0.345 e. The third-order valence-corrected chi connectivity index (χ3v) is 6.29. The second kappa shape index (κ2) is 8.74. The van der Waals surface area contributed by atoms with Gasteiger partial charge in [0.25, 0.3) is 5.91 Å². The highest BCUT2D eigenvalue weighted by Gasteiger charge is 2.33. The smallest absolute Gasteiger partial charge is 0.251 e. The summed E-state index contributed by atoms with van der Waals surface area (Å²) in [4.78, 5) is 12.7. The SMILES string of the molecule is N#CCCNS(=O)(=O)c1ccc(C(=O)NC(c2ccc(Cl)cc2)C2CC2)cc1. The van der Waals surface area contributed by atoms with Gasteiger partial charge >= 0.3 is 0 Å². The van der Waals surface area contributed by atoms with Crippen LogP contribution in [-0.4, -0.2) is 20.9 Å². The predicted octanol–water partition coefficient (Wildman–Crippen LogP) is 3.41. The van der Waals surface area contributed by atoms with Gasteiger partial charge in [0.1, 0.15) is 0 Å². The van der Waals surface area contributed by atoms with E-state index in [1.54, 1.807) is 12.1 Å². The molecule has 0 radical (unpaired) electrons. The molecule has 0 bridgehead atoms. The minimum Gasteiger partial charge on any atom is -0.345 e. The van der Waals surface area contributed by atoms with Crippen molar-refractivity contribution in [1.82, 2.24) is 10.0 Å². The van der Waals surface area contributed by atoms with Crippen LogP contribution in [0.2, 0.25) is 5.02 Å². The van der Waals surface area contributed by atoms with E-state index in [2.05, 4.69) is 10.0 Å². The Morgan fingerprint density at radius 1 is 1.14 bits per heavy atom. The zero-order valence-electron chi connectivity index (χ0n) is 15.1. The van der Waals surface area contributed by atoms with E-state index >= 15 is 0 Å². The average molecular weight is 418 g/mol. The molecule has 2 aromatic rings. The van der Waals surface area contributed by atoms with Gasteiger partial charge in [0, 0.05) is 23.6 Å². The third-order valence-electron chi connectivity index (χ3n) is 4.56. The van der Waals surface area contributed by atoms with Gasteiger partial charge in [-0.15, -0.1) is 0 Å². The number of amides is 1. The molecular weight excluding hydrogens is 398 g/mol. The molecule has 1 aliphatic carbocycles. The fourth-order valence-electron chi connectivity index (χ4n) is 2.91. The Hall–Kier alpha value is -2.40. The molecule has 1 unspecified atom stereocenters. The molecule has 1 fully saturated rings. The predicted molar refractivity (Wildman–Crippen MR) is 106 cm³/mol. The molecule has 2 aromatic carbocycles. The first-order valence-corrected chi connectivity index (χ1v) is 10.8. The zero-order valence-corrected chi connectivity index (χ0v) is 16.6. The topological polar surface area (TPSA) is 99.1 Å². The number of hydrogen-bond donors (Lipinski definition) is 2. The molecule has 0 heterocycles. The molecule has 0 aliphatic heterocycles. The Bertz CT molecular complexity index is 979. The van der Waals surface area contributed by atoms with Crippen LogP contribution in [0.4, 0.5) is 0 Å². The van der Waals surface area contributed by atoms with E-state index in [1.807, 2.05) is 18.2 Å². The number of nitrogens with zero attached hydrogens (tertiary/aromatic N) is 1. The van der Waals surface area contributed by atoms with Gasteiger partial charge in [-0.05, 0) is 60.7 Å². The monoisotopic (exact) mass is 417 g/mol. The van der Waals surface area contributed by atoms with Crippen LogP contribution in [0.15, 0.2) is 53.4 Å². The molecule has 146 valence electrons. The number of sulfonamides is 1. The summed E-state index contributed by atoms with van der Waals surface area (Å²) in [6.07, 6.45) is 2.20. The summed E-state index contributed by atoms with van der Waals surface area (Å²) in [5, 5.41) is 12.2. The van der Waals surface area contributed by atoms with E-state index in [1.165, 1.54) is 24.3 Å². The quantitative estimate of drug-likeness (QED) is 0.643. The maximum atomic E-state index is 12.7. The Labute approximate surface area is 169 Å². The van der Waals surface area contributed by atoms with Crippen LogP contribution in [0.1, 0.15) is 41.2 Å². The van der Waals surface area contributed by atoms with Crippen LogP contribution in [0.25, 0.3) is 0 Å². The van der Waals surface area contributed by atoms with Gasteiger partial charge in [-0.2, -0.15) is 5.26 Å². The van der Waals surface area contributed by atoms with Gasteiger partial charge in [0.2, 0.25) is 10.0 Å². The zero-order chi connectivity index (χ0) is 20.1. The van der Waals surface area contributed by atoms with Crippen molar-refractivity contribution in [3.8, 4) is 6.07 Å². The number of hydrogen-bond acceptors (Lipinski definition) is 4. The van der Waals surface area contributed by atoms with Crippen molar-refractivity contribution < 1.29 is 13.2 Å². The van der Waals surface area contributed by atoms with Crippen molar-refractivity contribution in [2.24, 2.45) is 5.92 Å². The van der Waals surface area contributed by atoms with Crippen LogP contribution in [0, 0.1) is 17.2 Å². The lowest BCUT2D eigenvalue weighted by molar-refractivity contribution is 0.0931. The van der Waals surface area contributed by atoms with Crippen molar-refractivity contribution in [2.75, 3.05) is 6.54 Å². The number of halogens is 1. The minimum absolute atomic E-state index is 0.0469. The first-order chi connectivity index (χ1) is 13.4. The summed E-state index contributed by atoms with van der Waals surface area (Å²) < 4.78 is 26.6. The van der Waals surface area contributed by atoms with E-state index in [9.17, 15) is 13.2 Å². The number of nitriles is 1. The van der Waals surface area contributed by atoms with Crippen LogP contribution in [0.3, 0.4) is 0 Å². The highest BCUT2D eigenvalue weighted by Crippen LogP contribution is 2.41. The summed E-state index contributed by atoms with van der Waals surface area (Å²) in [5.74, 6) is 0.141. The van der Waals surface area contributed by atoms with Gasteiger partial charge in [-0.3, -0.25) is 4.79 Å². The lowest BCUT2D eigenvalue weighted by Crippen LogP contribution is -2.30. The van der Waals surface area contributed by atoms with Crippen molar-refractivity contribution in [1.29, 1.82) is 5.26 Å². The minimum atomic E-state index is -3.69. The van der Waals surface area contributed by atoms with Crippen LogP contribution in [0.5, 0.6) is 0 Å². The maximum absolute atomic E-state index is 12.7. The number of carbonyl (C=O) groups excluding carboxylic acids is 1. The highest BCUT2D eigenvalue weighted by atomic mass is 35.5. The normalized spacial score (nSPS) is 14.9. The molecule has 28 heavy (non-hydrogen) atoms. The fourth-order valence-corrected chi connectivity index (χ4v) is 4.07. The Morgan fingerprint density at radius 3 is 2.36 bits per heavy atom. The molecule has 2 N–H and O–H groups in total. The van der Waals surface area contributed by atoms with Crippen molar-refractivity contribution >= 4 is 27.5 Å².